The third kappa shape index (κ3) is 6.03. The standard InChI is InChI=1S/C14H26N2O3S/c1-14(2,9-8-12(17)18)16-13(19)15-10-6-4-5-7-11(10)20-3/h10-11H,4-9H2,1-3H3,(H,17,18)(H2,15,16,19). The summed E-state index contributed by atoms with van der Waals surface area (Å²) in [5.41, 5.74) is -0.508. The molecule has 6 heteroatoms. The molecular formula is C14H26N2O3S. The molecule has 0 aromatic heterocycles. The van der Waals surface area contributed by atoms with Crippen LogP contribution in [0.25, 0.3) is 0 Å². The van der Waals surface area contributed by atoms with Gasteiger partial charge in [-0.3, -0.25) is 4.79 Å². The number of urea groups is 1. The first-order valence-corrected chi connectivity index (χ1v) is 8.46. The van der Waals surface area contributed by atoms with E-state index in [1.54, 1.807) is 0 Å². The van der Waals surface area contributed by atoms with Crippen LogP contribution in [0.4, 0.5) is 4.79 Å². The summed E-state index contributed by atoms with van der Waals surface area (Å²) >= 11 is 1.81. The first-order chi connectivity index (χ1) is 9.34. The van der Waals surface area contributed by atoms with Gasteiger partial charge < -0.3 is 15.7 Å². The highest BCUT2D eigenvalue weighted by molar-refractivity contribution is 7.99. The Morgan fingerprint density at radius 1 is 1.30 bits per heavy atom. The molecule has 20 heavy (non-hydrogen) atoms. The summed E-state index contributed by atoms with van der Waals surface area (Å²) in [6.45, 7) is 3.70. The molecule has 0 saturated heterocycles. The molecule has 0 aliphatic heterocycles. The fourth-order valence-corrected chi connectivity index (χ4v) is 3.47. The molecule has 5 nitrogen and oxygen atoms in total. The average Bonchev–Trinajstić information content (AvgIpc) is 2.36. The summed E-state index contributed by atoms with van der Waals surface area (Å²) in [6.07, 6.45) is 7.12. The van der Waals surface area contributed by atoms with Crippen LogP contribution in [0.1, 0.15) is 52.4 Å². The van der Waals surface area contributed by atoms with Crippen molar-refractivity contribution in [3.63, 3.8) is 0 Å². The smallest absolute Gasteiger partial charge is 0.315 e. The fourth-order valence-electron chi connectivity index (χ4n) is 2.54. The topological polar surface area (TPSA) is 78.4 Å². The van der Waals surface area contributed by atoms with E-state index >= 15 is 0 Å². The number of carboxylic acids is 1. The molecule has 1 rings (SSSR count). The Morgan fingerprint density at radius 3 is 2.55 bits per heavy atom. The molecule has 1 saturated carbocycles. The van der Waals surface area contributed by atoms with E-state index in [1.165, 1.54) is 6.42 Å². The predicted octanol–water partition coefficient (Wildman–Crippen LogP) is 2.60. The van der Waals surface area contributed by atoms with E-state index in [-0.39, 0.29) is 18.5 Å². The Morgan fingerprint density at radius 2 is 1.95 bits per heavy atom. The molecule has 1 aliphatic carbocycles. The molecule has 0 heterocycles. The van der Waals surface area contributed by atoms with E-state index in [0.29, 0.717) is 11.7 Å². The van der Waals surface area contributed by atoms with Gasteiger partial charge in [-0.25, -0.2) is 4.79 Å². The van der Waals surface area contributed by atoms with Crippen LogP contribution < -0.4 is 10.6 Å². The van der Waals surface area contributed by atoms with Crippen molar-refractivity contribution in [2.75, 3.05) is 6.26 Å². The normalized spacial score (nSPS) is 23.1. The molecule has 3 N–H and O–H groups in total. The Labute approximate surface area is 125 Å². The maximum atomic E-state index is 12.1. The van der Waals surface area contributed by atoms with Crippen molar-refractivity contribution >= 4 is 23.8 Å². The van der Waals surface area contributed by atoms with Crippen LogP contribution >= 0.6 is 11.8 Å². The maximum Gasteiger partial charge on any atom is 0.315 e. The van der Waals surface area contributed by atoms with Crippen molar-refractivity contribution in [3.8, 4) is 0 Å². The van der Waals surface area contributed by atoms with Crippen LogP contribution in [0.2, 0.25) is 0 Å². The number of carbonyl (C=O) groups excluding carboxylic acids is 1. The van der Waals surface area contributed by atoms with Gasteiger partial charge in [0.1, 0.15) is 0 Å². The summed E-state index contributed by atoms with van der Waals surface area (Å²) in [7, 11) is 0. The van der Waals surface area contributed by atoms with Gasteiger partial charge in [0.15, 0.2) is 0 Å². The second-order valence-electron chi connectivity index (χ2n) is 6.04. The SMILES string of the molecule is CSC1CCCCC1NC(=O)NC(C)(C)CCC(=O)O. The Balaban J connectivity index is 2.43. The molecule has 116 valence electrons. The summed E-state index contributed by atoms with van der Waals surface area (Å²) in [5, 5.41) is 15.1. The van der Waals surface area contributed by atoms with Gasteiger partial charge in [0.25, 0.3) is 0 Å². The minimum atomic E-state index is -0.838. The molecule has 0 aromatic carbocycles. The van der Waals surface area contributed by atoms with E-state index in [4.69, 9.17) is 5.11 Å². The van der Waals surface area contributed by atoms with Crippen LogP contribution in [0.3, 0.4) is 0 Å². The lowest BCUT2D eigenvalue weighted by molar-refractivity contribution is -0.137. The number of aliphatic carboxylic acids is 1. The molecule has 1 aliphatic rings. The minimum Gasteiger partial charge on any atom is -0.481 e. The Kier molecular flexibility index (Phi) is 6.65. The second kappa shape index (κ2) is 7.76. The van der Waals surface area contributed by atoms with Gasteiger partial charge in [-0.05, 0) is 39.4 Å². The minimum absolute atomic E-state index is 0.0597. The maximum absolute atomic E-state index is 12.1. The molecule has 0 radical (unpaired) electrons. The molecule has 1 fully saturated rings. The van der Waals surface area contributed by atoms with Crippen LogP contribution in [-0.4, -0.2) is 40.2 Å². The number of carboxylic acid groups (broad SMARTS) is 1. The lowest BCUT2D eigenvalue weighted by Crippen LogP contribution is -2.53. The van der Waals surface area contributed by atoms with E-state index in [2.05, 4.69) is 16.9 Å². The van der Waals surface area contributed by atoms with Gasteiger partial charge in [-0.15, -0.1) is 0 Å². The van der Waals surface area contributed by atoms with Crippen LogP contribution in [0.5, 0.6) is 0 Å². The number of rotatable bonds is 6. The van der Waals surface area contributed by atoms with Gasteiger partial charge >= 0.3 is 12.0 Å². The second-order valence-corrected chi connectivity index (χ2v) is 7.12. The van der Waals surface area contributed by atoms with Crippen molar-refractivity contribution in [1.82, 2.24) is 10.6 Å². The molecule has 2 atom stereocenters. The van der Waals surface area contributed by atoms with Crippen LogP contribution in [0, 0.1) is 0 Å². The van der Waals surface area contributed by atoms with E-state index < -0.39 is 11.5 Å². The molecule has 2 unspecified atom stereocenters. The lowest BCUT2D eigenvalue weighted by atomic mass is 9.95. The van der Waals surface area contributed by atoms with Gasteiger partial charge in [0.05, 0.1) is 0 Å². The molecule has 0 aromatic rings. The summed E-state index contributed by atoms with van der Waals surface area (Å²) in [4.78, 5) is 22.7. The first-order valence-electron chi connectivity index (χ1n) is 7.17. The number of hydrogen-bond donors (Lipinski definition) is 3. The van der Waals surface area contributed by atoms with Crippen molar-refractivity contribution in [2.45, 2.75) is 69.2 Å². The zero-order valence-electron chi connectivity index (χ0n) is 12.6. The van der Waals surface area contributed by atoms with E-state index in [0.717, 1.165) is 19.3 Å². The number of amides is 2. The lowest BCUT2D eigenvalue weighted by Gasteiger charge is -2.33. The van der Waals surface area contributed by atoms with Gasteiger partial charge in [-0.2, -0.15) is 11.8 Å². The highest BCUT2D eigenvalue weighted by atomic mass is 32.2. The molecule has 0 bridgehead atoms. The van der Waals surface area contributed by atoms with Gasteiger partial charge in [0.2, 0.25) is 0 Å². The van der Waals surface area contributed by atoms with Crippen molar-refractivity contribution < 1.29 is 14.7 Å². The third-order valence-electron chi connectivity index (χ3n) is 3.74. The van der Waals surface area contributed by atoms with Crippen LogP contribution in [-0.2, 0) is 4.79 Å². The zero-order chi connectivity index (χ0) is 15.2. The molecule has 0 spiro atoms. The van der Waals surface area contributed by atoms with Gasteiger partial charge in [0, 0.05) is 23.3 Å². The highest BCUT2D eigenvalue weighted by Crippen LogP contribution is 2.27. The Bertz CT molecular complexity index is 347. The first kappa shape index (κ1) is 17.1. The summed E-state index contributed by atoms with van der Waals surface area (Å²) < 4.78 is 0. The predicted molar refractivity (Wildman–Crippen MR) is 82.2 cm³/mol. The Hall–Kier alpha value is -0.910. The number of nitrogens with one attached hydrogen (secondary N) is 2. The molecular weight excluding hydrogens is 276 g/mol. The van der Waals surface area contributed by atoms with Crippen molar-refractivity contribution in [2.24, 2.45) is 0 Å². The number of thioether (sulfide) groups is 1. The largest absolute Gasteiger partial charge is 0.481 e. The monoisotopic (exact) mass is 302 g/mol. The number of hydrogen-bond acceptors (Lipinski definition) is 3. The molecule has 2 amide bonds. The van der Waals surface area contributed by atoms with E-state index in [1.807, 2.05) is 25.6 Å². The van der Waals surface area contributed by atoms with Crippen molar-refractivity contribution in [3.05, 3.63) is 0 Å². The van der Waals surface area contributed by atoms with Gasteiger partial charge in [-0.1, -0.05) is 12.8 Å². The summed E-state index contributed by atoms with van der Waals surface area (Å²) in [5.74, 6) is -0.838. The fraction of sp³-hybridized carbons (Fsp3) is 0.857. The third-order valence-corrected chi connectivity index (χ3v) is 4.91. The zero-order valence-corrected chi connectivity index (χ0v) is 13.4. The van der Waals surface area contributed by atoms with E-state index in [9.17, 15) is 9.59 Å². The number of carbonyl (C=O) groups is 2. The highest BCUT2D eigenvalue weighted by Gasteiger charge is 2.28. The summed E-state index contributed by atoms with van der Waals surface area (Å²) in [6, 6.07) is 0.0281. The average molecular weight is 302 g/mol. The van der Waals surface area contributed by atoms with Crippen LogP contribution in [0.15, 0.2) is 0 Å². The quantitative estimate of drug-likeness (QED) is 0.704. The van der Waals surface area contributed by atoms with Crippen molar-refractivity contribution in [1.29, 1.82) is 0 Å².